The highest BCUT2D eigenvalue weighted by Crippen LogP contribution is 2.24. The molecule has 1 fully saturated rings. The first-order chi connectivity index (χ1) is 14.0. The summed E-state index contributed by atoms with van der Waals surface area (Å²) >= 11 is 3.47. The van der Waals surface area contributed by atoms with Crippen LogP contribution in [0, 0.1) is 6.92 Å². The summed E-state index contributed by atoms with van der Waals surface area (Å²) in [7, 11) is 0. The highest BCUT2D eigenvalue weighted by atomic mass is 79.9. The zero-order valence-corrected chi connectivity index (χ0v) is 17.6. The summed E-state index contributed by atoms with van der Waals surface area (Å²) in [6.07, 6.45) is 0. The van der Waals surface area contributed by atoms with Crippen LogP contribution in [0.4, 0.5) is 5.69 Å². The van der Waals surface area contributed by atoms with E-state index < -0.39 is 0 Å². The molecule has 2 aromatic carbocycles. The number of carbonyl (C=O) groups is 2. The van der Waals surface area contributed by atoms with Crippen LogP contribution >= 0.6 is 15.9 Å². The number of carbonyl (C=O) groups excluding carboxylic acids is 2. The van der Waals surface area contributed by atoms with Crippen molar-refractivity contribution >= 4 is 44.3 Å². The van der Waals surface area contributed by atoms with Crippen LogP contribution in [0.5, 0.6) is 0 Å². The molecule has 1 saturated heterocycles. The van der Waals surface area contributed by atoms with Gasteiger partial charge in [-0.3, -0.25) is 14.3 Å². The fourth-order valence-electron chi connectivity index (χ4n) is 3.37. The Labute approximate surface area is 176 Å². The van der Waals surface area contributed by atoms with Crippen LogP contribution in [-0.4, -0.2) is 52.8 Å². The Morgan fingerprint density at radius 2 is 1.93 bits per heavy atom. The lowest BCUT2D eigenvalue weighted by Crippen LogP contribution is -2.41. The maximum absolute atomic E-state index is 13.0. The minimum atomic E-state index is -0.215. The Balaban J connectivity index is 1.59. The van der Waals surface area contributed by atoms with E-state index in [-0.39, 0.29) is 18.4 Å². The highest BCUT2D eigenvalue weighted by Gasteiger charge is 2.24. The standard InChI is InChI=1S/C21H21BrN4O3/c1-14-6-7-17(16(22)12-14)23-19(27)13-26-18-5-3-2-4-15(18)20(24-26)21(28)25-8-10-29-11-9-25/h2-7,12H,8-11,13H2,1H3,(H,23,27). The number of hydrogen-bond acceptors (Lipinski definition) is 4. The molecule has 0 spiro atoms. The largest absolute Gasteiger partial charge is 0.378 e. The summed E-state index contributed by atoms with van der Waals surface area (Å²) in [5.41, 5.74) is 2.91. The molecule has 0 unspecified atom stereocenters. The number of anilines is 1. The van der Waals surface area contributed by atoms with Crippen LogP contribution < -0.4 is 5.32 Å². The van der Waals surface area contributed by atoms with Gasteiger partial charge in [-0.2, -0.15) is 5.10 Å². The van der Waals surface area contributed by atoms with Gasteiger partial charge in [0, 0.05) is 22.9 Å². The first kappa shape index (κ1) is 19.6. The molecule has 7 nitrogen and oxygen atoms in total. The molecule has 1 aliphatic rings. The van der Waals surface area contributed by atoms with Crippen molar-refractivity contribution in [3.8, 4) is 0 Å². The monoisotopic (exact) mass is 456 g/mol. The van der Waals surface area contributed by atoms with E-state index in [2.05, 4.69) is 26.3 Å². The average Bonchev–Trinajstić information content (AvgIpc) is 3.09. The Morgan fingerprint density at radius 1 is 1.17 bits per heavy atom. The summed E-state index contributed by atoms with van der Waals surface area (Å²) in [6.45, 7) is 4.14. The lowest BCUT2D eigenvalue weighted by molar-refractivity contribution is -0.116. The van der Waals surface area contributed by atoms with Gasteiger partial charge in [-0.1, -0.05) is 24.3 Å². The fourth-order valence-corrected chi connectivity index (χ4v) is 3.96. The van der Waals surface area contributed by atoms with Gasteiger partial charge in [0.25, 0.3) is 5.91 Å². The predicted octanol–water partition coefficient (Wildman–Crippen LogP) is 3.22. The van der Waals surface area contributed by atoms with Gasteiger partial charge in [0.05, 0.1) is 24.4 Å². The van der Waals surface area contributed by atoms with E-state index in [1.54, 1.807) is 9.58 Å². The molecule has 4 rings (SSSR count). The van der Waals surface area contributed by atoms with E-state index >= 15 is 0 Å². The molecule has 2 heterocycles. The van der Waals surface area contributed by atoms with Gasteiger partial charge in [-0.05, 0) is 46.6 Å². The zero-order valence-electron chi connectivity index (χ0n) is 16.0. The number of ether oxygens (including phenoxy) is 1. The molecule has 1 aromatic heterocycles. The number of morpholine rings is 1. The summed E-state index contributed by atoms with van der Waals surface area (Å²) in [6, 6.07) is 13.2. The fraction of sp³-hybridized carbons (Fsp3) is 0.286. The van der Waals surface area contributed by atoms with Crippen LogP contribution in [0.25, 0.3) is 10.9 Å². The number of halogens is 1. The predicted molar refractivity (Wildman–Crippen MR) is 114 cm³/mol. The smallest absolute Gasteiger partial charge is 0.275 e. The van der Waals surface area contributed by atoms with Crippen LogP contribution in [0.15, 0.2) is 46.9 Å². The third-order valence-electron chi connectivity index (χ3n) is 4.85. The third-order valence-corrected chi connectivity index (χ3v) is 5.51. The van der Waals surface area contributed by atoms with E-state index in [1.165, 1.54) is 0 Å². The molecule has 0 aliphatic carbocycles. The lowest BCUT2D eigenvalue weighted by Gasteiger charge is -2.26. The van der Waals surface area contributed by atoms with E-state index in [0.717, 1.165) is 20.9 Å². The minimum Gasteiger partial charge on any atom is -0.378 e. The highest BCUT2D eigenvalue weighted by molar-refractivity contribution is 9.10. The number of nitrogens with zero attached hydrogens (tertiary/aromatic N) is 3. The van der Waals surface area contributed by atoms with E-state index in [4.69, 9.17) is 4.74 Å². The second-order valence-electron chi connectivity index (χ2n) is 6.96. The molecular formula is C21H21BrN4O3. The van der Waals surface area contributed by atoms with Crippen molar-refractivity contribution in [2.24, 2.45) is 0 Å². The summed E-state index contributed by atoms with van der Waals surface area (Å²) in [4.78, 5) is 27.3. The van der Waals surface area contributed by atoms with Gasteiger partial charge in [-0.15, -0.1) is 0 Å². The van der Waals surface area contributed by atoms with Crippen molar-refractivity contribution < 1.29 is 14.3 Å². The molecule has 29 heavy (non-hydrogen) atoms. The molecule has 8 heteroatoms. The number of aryl methyl sites for hydroxylation is 1. The van der Waals surface area contributed by atoms with Crippen LogP contribution in [0.2, 0.25) is 0 Å². The molecular weight excluding hydrogens is 436 g/mol. The van der Waals surface area contributed by atoms with Crippen molar-refractivity contribution in [1.82, 2.24) is 14.7 Å². The van der Waals surface area contributed by atoms with Crippen molar-refractivity contribution in [3.05, 3.63) is 58.2 Å². The maximum atomic E-state index is 13.0. The van der Waals surface area contributed by atoms with Crippen molar-refractivity contribution in [2.75, 3.05) is 31.6 Å². The molecule has 0 saturated carbocycles. The Bertz CT molecular complexity index is 1070. The van der Waals surface area contributed by atoms with Gasteiger partial charge < -0.3 is 15.0 Å². The van der Waals surface area contributed by atoms with Crippen molar-refractivity contribution in [1.29, 1.82) is 0 Å². The normalized spacial score (nSPS) is 14.2. The van der Waals surface area contributed by atoms with Crippen LogP contribution in [0.1, 0.15) is 16.1 Å². The summed E-state index contributed by atoms with van der Waals surface area (Å²) in [5, 5.41) is 8.13. The number of fused-ring (bicyclic) bond motifs is 1. The van der Waals surface area contributed by atoms with Crippen LogP contribution in [0.3, 0.4) is 0 Å². The third kappa shape index (κ3) is 4.18. The molecule has 3 aromatic rings. The van der Waals surface area contributed by atoms with E-state index in [0.29, 0.717) is 37.7 Å². The number of hydrogen-bond donors (Lipinski definition) is 1. The first-order valence-electron chi connectivity index (χ1n) is 9.41. The average molecular weight is 457 g/mol. The first-order valence-corrected chi connectivity index (χ1v) is 10.2. The Morgan fingerprint density at radius 3 is 2.69 bits per heavy atom. The molecule has 1 N–H and O–H groups in total. The number of benzene rings is 2. The molecule has 1 aliphatic heterocycles. The molecule has 0 bridgehead atoms. The Kier molecular flexibility index (Phi) is 5.64. The van der Waals surface area contributed by atoms with Crippen molar-refractivity contribution in [2.45, 2.75) is 13.5 Å². The maximum Gasteiger partial charge on any atom is 0.275 e. The summed E-state index contributed by atoms with van der Waals surface area (Å²) < 4.78 is 7.73. The number of rotatable bonds is 4. The molecule has 150 valence electrons. The van der Waals surface area contributed by atoms with Gasteiger partial charge in [0.2, 0.25) is 5.91 Å². The summed E-state index contributed by atoms with van der Waals surface area (Å²) in [5.74, 6) is -0.349. The lowest BCUT2D eigenvalue weighted by atomic mass is 10.2. The number of nitrogens with one attached hydrogen (secondary N) is 1. The second kappa shape index (κ2) is 8.34. The van der Waals surface area contributed by atoms with Crippen molar-refractivity contribution in [3.63, 3.8) is 0 Å². The van der Waals surface area contributed by atoms with Gasteiger partial charge in [-0.25, -0.2) is 0 Å². The Hall–Kier alpha value is -2.71. The second-order valence-corrected chi connectivity index (χ2v) is 7.81. The molecule has 0 radical (unpaired) electrons. The zero-order chi connectivity index (χ0) is 20.4. The number of para-hydroxylation sites is 1. The van der Waals surface area contributed by atoms with Gasteiger partial charge in [0.1, 0.15) is 6.54 Å². The van der Waals surface area contributed by atoms with E-state index in [1.807, 2.05) is 49.4 Å². The topological polar surface area (TPSA) is 76.5 Å². The number of amides is 2. The van der Waals surface area contributed by atoms with Gasteiger partial charge in [0.15, 0.2) is 5.69 Å². The molecule has 2 amide bonds. The van der Waals surface area contributed by atoms with E-state index in [9.17, 15) is 9.59 Å². The minimum absolute atomic E-state index is 0.0111. The number of aromatic nitrogens is 2. The van der Waals surface area contributed by atoms with Gasteiger partial charge >= 0.3 is 0 Å². The molecule has 0 atom stereocenters. The van der Waals surface area contributed by atoms with Crippen LogP contribution in [-0.2, 0) is 16.1 Å². The quantitative estimate of drug-likeness (QED) is 0.653. The SMILES string of the molecule is Cc1ccc(NC(=O)Cn2nc(C(=O)N3CCOCC3)c3ccccc32)c(Br)c1.